The molecule has 1 saturated carbocycles. The number of aliphatic hydroxyl groups is 1. The van der Waals surface area contributed by atoms with E-state index in [1.807, 2.05) is 18.2 Å². The molecule has 2 fully saturated rings. The fraction of sp³-hybridized carbons (Fsp3) is 0.500. The zero-order valence-electron chi connectivity index (χ0n) is 21.2. The lowest BCUT2D eigenvalue weighted by Crippen LogP contribution is -2.48. The highest BCUT2D eigenvalue weighted by Crippen LogP contribution is 2.61. The maximum absolute atomic E-state index is 14.3. The molecular formula is C28H35F2N3O3. The van der Waals surface area contributed by atoms with E-state index < -0.39 is 28.7 Å². The van der Waals surface area contributed by atoms with E-state index in [-0.39, 0.29) is 11.3 Å². The summed E-state index contributed by atoms with van der Waals surface area (Å²) in [6, 6.07) is 11.4. The molecule has 0 unspecified atom stereocenters. The van der Waals surface area contributed by atoms with Crippen LogP contribution in [-0.2, 0) is 10.4 Å². The summed E-state index contributed by atoms with van der Waals surface area (Å²) in [4.78, 5) is 27.9. The first-order valence-electron chi connectivity index (χ1n) is 12.6. The molecule has 2 atom stereocenters. The summed E-state index contributed by atoms with van der Waals surface area (Å²) in [6.07, 6.45) is 4.86. The minimum Gasteiger partial charge on any atom is -0.385 e. The summed E-state index contributed by atoms with van der Waals surface area (Å²) >= 11 is 0. The maximum Gasteiger partial charge on any atom is 0.259 e. The van der Waals surface area contributed by atoms with E-state index in [1.165, 1.54) is 14.1 Å². The van der Waals surface area contributed by atoms with Crippen molar-refractivity contribution in [2.45, 2.75) is 44.6 Å². The van der Waals surface area contributed by atoms with Gasteiger partial charge >= 0.3 is 0 Å². The Balaban J connectivity index is 1.22. The maximum atomic E-state index is 14.3. The van der Waals surface area contributed by atoms with Gasteiger partial charge in [-0.1, -0.05) is 30.3 Å². The molecule has 6 nitrogen and oxygen atoms in total. The number of anilines is 1. The molecule has 4 rings (SSSR count). The second-order valence-corrected chi connectivity index (χ2v) is 10.6. The summed E-state index contributed by atoms with van der Waals surface area (Å²) in [5, 5.41) is 13.9. The minimum absolute atomic E-state index is 0.247. The highest BCUT2D eigenvalue weighted by Gasteiger charge is 2.54. The molecule has 8 heteroatoms. The molecule has 1 heterocycles. The second-order valence-electron chi connectivity index (χ2n) is 10.6. The van der Waals surface area contributed by atoms with Crippen molar-refractivity contribution >= 4 is 17.5 Å². The molecule has 2 aliphatic rings. The van der Waals surface area contributed by atoms with Gasteiger partial charge in [0.15, 0.2) is 5.60 Å². The van der Waals surface area contributed by atoms with Crippen molar-refractivity contribution in [3.63, 3.8) is 0 Å². The van der Waals surface area contributed by atoms with Crippen LogP contribution in [0, 0.1) is 23.0 Å². The quantitative estimate of drug-likeness (QED) is 0.529. The van der Waals surface area contributed by atoms with Crippen LogP contribution in [0.3, 0.4) is 0 Å². The SMILES string of the molecule is CN(C)C(=O)c1c(F)cc(NCCC[C@H]2CC23CCN(C(=O)[C@](C)(O)c2ccccc2)CC3)cc1F. The molecule has 1 saturated heterocycles. The number of carbonyl (C=O) groups is 2. The van der Waals surface area contributed by atoms with Gasteiger partial charge in [0.1, 0.15) is 17.2 Å². The number of hydrogen-bond donors (Lipinski definition) is 2. The molecule has 0 bridgehead atoms. The van der Waals surface area contributed by atoms with E-state index in [1.54, 1.807) is 24.0 Å². The Morgan fingerprint density at radius 2 is 1.75 bits per heavy atom. The number of hydrogen-bond acceptors (Lipinski definition) is 4. The van der Waals surface area contributed by atoms with Gasteiger partial charge in [-0.25, -0.2) is 8.78 Å². The molecule has 2 amide bonds. The third-order valence-corrected chi connectivity index (χ3v) is 7.88. The summed E-state index contributed by atoms with van der Waals surface area (Å²) in [5.41, 5.74) is -0.881. The van der Waals surface area contributed by atoms with Crippen LogP contribution in [0.1, 0.15) is 54.9 Å². The van der Waals surface area contributed by atoms with E-state index in [9.17, 15) is 23.5 Å². The Morgan fingerprint density at radius 1 is 1.14 bits per heavy atom. The summed E-state index contributed by atoms with van der Waals surface area (Å²) < 4.78 is 28.6. The molecule has 2 aromatic carbocycles. The number of benzene rings is 2. The lowest BCUT2D eigenvalue weighted by Gasteiger charge is -2.37. The standard InChI is InChI=1S/C28H35F2N3O3/c1-27(36,19-8-5-4-6-9-19)26(35)33-14-11-28(12-15-33)18-20(28)10-7-13-31-21-16-22(29)24(23(30)17-21)25(34)32(2)3/h4-6,8-9,16-17,20,31,36H,7,10-15,18H2,1-3H3/t20-,27+/m0/s1. The largest absolute Gasteiger partial charge is 0.385 e. The summed E-state index contributed by atoms with van der Waals surface area (Å²) in [7, 11) is 2.90. The van der Waals surface area contributed by atoms with Gasteiger partial charge in [-0.05, 0) is 68.1 Å². The number of piperidine rings is 1. The Morgan fingerprint density at radius 3 is 2.33 bits per heavy atom. The van der Waals surface area contributed by atoms with Crippen LogP contribution < -0.4 is 5.32 Å². The lowest BCUT2D eigenvalue weighted by atomic mass is 9.87. The van der Waals surface area contributed by atoms with Crippen molar-refractivity contribution in [2.75, 3.05) is 39.0 Å². The van der Waals surface area contributed by atoms with Crippen molar-refractivity contribution in [2.24, 2.45) is 11.3 Å². The Hall–Kier alpha value is -3.00. The van der Waals surface area contributed by atoms with Crippen LogP contribution in [0.15, 0.2) is 42.5 Å². The number of nitrogens with zero attached hydrogens (tertiary/aromatic N) is 2. The number of carbonyl (C=O) groups excluding carboxylic acids is 2. The lowest BCUT2D eigenvalue weighted by molar-refractivity contribution is -0.152. The molecule has 2 N–H and O–H groups in total. The fourth-order valence-electron chi connectivity index (χ4n) is 5.49. The summed E-state index contributed by atoms with van der Waals surface area (Å²) in [5.74, 6) is -2.11. The third-order valence-electron chi connectivity index (χ3n) is 7.88. The van der Waals surface area contributed by atoms with Crippen LogP contribution in [-0.4, -0.2) is 60.5 Å². The van der Waals surface area contributed by atoms with Crippen LogP contribution in [0.25, 0.3) is 0 Å². The normalized spacial score (nSPS) is 20.1. The predicted octanol–water partition coefficient (Wildman–Crippen LogP) is 4.40. The van der Waals surface area contributed by atoms with E-state index in [0.717, 1.165) is 49.1 Å². The first-order chi connectivity index (χ1) is 17.0. The highest BCUT2D eigenvalue weighted by atomic mass is 19.1. The zero-order valence-corrected chi connectivity index (χ0v) is 21.2. The Kier molecular flexibility index (Phi) is 7.36. The highest BCUT2D eigenvalue weighted by molar-refractivity contribution is 5.94. The number of rotatable bonds is 8. The van der Waals surface area contributed by atoms with Crippen molar-refractivity contribution in [3.05, 3.63) is 65.2 Å². The van der Waals surface area contributed by atoms with Crippen molar-refractivity contribution < 1.29 is 23.5 Å². The van der Waals surface area contributed by atoms with Crippen LogP contribution in [0.4, 0.5) is 14.5 Å². The minimum atomic E-state index is -1.53. The van der Waals surface area contributed by atoms with Gasteiger partial charge in [0, 0.05) is 39.4 Å². The number of nitrogens with one attached hydrogen (secondary N) is 1. The van der Waals surface area contributed by atoms with Crippen LogP contribution in [0.5, 0.6) is 0 Å². The number of amides is 2. The molecule has 194 valence electrons. The smallest absolute Gasteiger partial charge is 0.259 e. The Bertz CT molecular complexity index is 1090. The average molecular weight is 500 g/mol. The molecular weight excluding hydrogens is 464 g/mol. The van der Waals surface area contributed by atoms with E-state index in [4.69, 9.17) is 0 Å². The topological polar surface area (TPSA) is 72.9 Å². The van der Waals surface area contributed by atoms with Gasteiger partial charge < -0.3 is 20.2 Å². The first kappa shape index (κ1) is 26.1. The van der Waals surface area contributed by atoms with Gasteiger partial charge in [0.05, 0.1) is 0 Å². The average Bonchev–Trinajstić information content (AvgIpc) is 3.52. The molecule has 1 aliphatic heterocycles. The molecule has 0 aromatic heterocycles. The third kappa shape index (κ3) is 5.24. The van der Waals surface area contributed by atoms with E-state index in [2.05, 4.69) is 5.32 Å². The molecule has 1 aliphatic carbocycles. The van der Waals surface area contributed by atoms with Gasteiger partial charge in [-0.3, -0.25) is 9.59 Å². The van der Waals surface area contributed by atoms with Crippen molar-refractivity contribution in [3.8, 4) is 0 Å². The van der Waals surface area contributed by atoms with E-state index >= 15 is 0 Å². The molecule has 0 radical (unpaired) electrons. The molecule has 1 spiro atoms. The van der Waals surface area contributed by atoms with Crippen molar-refractivity contribution in [1.29, 1.82) is 0 Å². The zero-order chi connectivity index (χ0) is 26.1. The molecule has 2 aromatic rings. The van der Waals surface area contributed by atoms with Gasteiger partial charge in [0.25, 0.3) is 11.8 Å². The fourth-order valence-corrected chi connectivity index (χ4v) is 5.49. The van der Waals surface area contributed by atoms with Crippen molar-refractivity contribution in [1.82, 2.24) is 9.80 Å². The number of likely N-dealkylation sites (tertiary alicyclic amines) is 1. The molecule has 36 heavy (non-hydrogen) atoms. The van der Waals surface area contributed by atoms with Crippen LogP contribution in [0.2, 0.25) is 0 Å². The Labute approximate surface area is 211 Å². The van der Waals surface area contributed by atoms with E-state index in [0.29, 0.717) is 36.8 Å². The van der Waals surface area contributed by atoms with Gasteiger partial charge in [-0.2, -0.15) is 0 Å². The number of halogens is 2. The summed E-state index contributed by atoms with van der Waals surface area (Å²) in [6.45, 7) is 3.44. The van der Waals surface area contributed by atoms with Crippen LogP contribution >= 0.6 is 0 Å². The first-order valence-corrected chi connectivity index (χ1v) is 12.6. The second kappa shape index (κ2) is 10.2. The predicted molar refractivity (Wildman–Crippen MR) is 134 cm³/mol. The van der Waals surface area contributed by atoms with Gasteiger partial charge in [-0.15, -0.1) is 0 Å². The monoisotopic (exact) mass is 499 g/mol. The van der Waals surface area contributed by atoms with Gasteiger partial charge in [0.2, 0.25) is 0 Å².